The number of piperidine rings is 2. The summed E-state index contributed by atoms with van der Waals surface area (Å²) >= 11 is 0. The Kier molecular flexibility index (Phi) is 10.3. The van der Waals surface area contributed by atoms with E-state index < -0.39 is 5.60 Å². The summed E-state index contributed by atoms with van der Waals surface area (Å²) in [6.45, 7) is 6.86. The largest absolute Gasteiger partial charge is 0.497 e. The quantitative estimate of drug-likeness (QED) is 0.171. The van der Waals surface area contributed by atoms with Crippen LogP contribution in [-0.4, -0.2) is 20.2 Å². The molecule has 7 aromatic carbocycles. The minimum absolute atomic E-state index is 0.245. The van der Waals surface area contributed by atoms with Gasteiger partial charge in [0.05, 0.1) is 7.11 Å². The van der Waals surface area contributed by atoms with Crippen LogP contribution in [0.15, 0.2) is 146 Å². The Bertz CT molecular complexity index is 2830. The van der Waals surface area contributed by atoms with Crippen molar-refractivity contribution >= 4 is 16.8 Å². The molecule has 0 aromatic heterocycles. The van der Waals surface area contributed by atoms with E-state index in [1.54, 1.807) is 7.11 Å². The predicted molar refractivity (Wildman–Crippen MR) is 265 cm³/mol. The molecule has 0 saturated carbocycles. The van der Waals surface area contributed by atoms with Crippen molar-refractivity contribution in [1.82, 2.24) is 10.6 Å². The SMILES string of the molecule is COc1ccc2c3c(c4c(c2c1)OC1(C=C4)c2ccc(cc2)Oc2ccc(cc2)C2CCC(CCCC4CCC(NC4)c4ccc(cc4)Oc4ccc1cc4)CN2)C(C)(C)c1ccccc1-3. The van der Waals surface area contributed by atoms with E-state index in [9.17, 15) is 0 Å². The molecule has 1 spiro atoms. The maximum Gasteiger partial charge on any atom is 0.178 e. The topological polar surface area (TPSA) is 61.0 Å². The lowest BCUT2D eigenvalue weighted by Gasteiger charge is -2.38. The number of rotatable bonds is 1. The van der Waals surface area contributed by atoms with Crippen LogP contribution in [0, 0.1) is 11.8 Å². The van der Waals surface area contributed by atoms with E-state index >= 15 is 0 Å². The minimum atomic E-state index is -0.980. The van der Waals surface area contributed by atoms with Gasteiger partial charge in [-0.3, -0.25) is 0 Å². The highest BCUT2D eigenvalue weighted by molar-refractivity contribution is 6.09. The Hall–Kier alpha value is -6.34. The summed E-state index contributed by atoms with van der Waals surface area (Å²) in [6, 6.07) is 50.2. The van der Waals surface area contributed by atoms with Crippen LogP contribution in [0.2, 0.25) is 0 Å². The third kappa shape index (κ3) is 7.17. The summed E-state index contributed by atoms with van der Waals surface area (Å²) in [7, 11) is 1.73. The van der Waals surface area contributed by atoms with E-state index in [1.165, 1.54) is 78.3 Å². The van der Waals surface area contributed by atoms with Crippen LogP contribution in [0.5, 0.6) is 34.5 Å². The van der Waals surface area contributed by atoms with Crippen molar-refractivity contribution in [2.45, 2.75) is 81.9 Å². The van der Waals surface area contributed by atoms with E-state index in [0.29, 0.717) is 12.1 Å². The first kappa shape index (κ1) is 41.1. The summed E-state index contributed by atoms with van der Waals surface area (Å²) in [4.78, 5) is 0. The van der Waals surface area contributed by atoms with Gasteiger partial charge in [0, 0.05) is 39.6 Å². The van der Waals surface area contributed by atoms with Crippen LogP contribution in [0.4, 0.5) is 0 Å². The molecule has 21 rings (SSSR count). The molecule has 14 aliphatic rings. The summed E-state index contributed by atoms with van der Waals surface area (Å²) in [5.41, 5.74) is 9.65. The summed E-state index contributed by atoms with van der Waals surface area (Å²) in [5, 5.41) is 9.94. The van der Waals surface area contributed by atoms with Crippen molar-refractivity contribution in [2.24, 2.45) is 11.8 Å². The molecule has 4 atom stereocenters. The Balaban J connectivity index is 0.939. The highest BCUT2D eigenvalue weighted by Crippen LogP contribution is 2.58. The van der Waals surface area contributed by atoms with Gasteiger partial charge >= 0.3 is 0 Å². The third-order valence-corrected chi connectivity index (χ3v) is 15.6. The van der Waals surface area contributed by atoms with E-state index in [4.69, 9.17) is 18.9 Å². The van der Waals surface area contributed by atoms with E-state index in [1.807, 2.05) is 0 Å². The fraction of sp³-hybridized carbons (Fsp3) is 0.300. The Morgan fingerprint density at radius 1 is 0.576 bits per heavy atom. The van der Waals surface area contributed by atoms with E-state index in [-0.39, 0.29) is 5.41 Å². The number of fused-ring (bicyclic) bond motifs is 8. The van der Waals surface area contributed by atoms with Gasteiger partial charge in [0.1, 0.15) is 34.5 Å². The normalized spacial score (nSPS) is 23.8. The van der Waals surface area contributed by atoms with Gasteiger partial charge in [0.25, 0.3) is 0 Å². The predicted octanol–water partition coefficient (Wildman–Crippen LogP) is 14.4. The zero-order chi connectivity index (χ0) is 44.4. The lowest BCUT2D eigenvalue weighted by molar-refractivity contribution is 0.163. The van der Waals surface area contributed by atoms with Gasteiger partial charge in [0.15, 0.2) is 5.60 Å². The summed E-state index contributed by atoms with van der Waals surface area (Å²) in [6.07, 6.45) is 13.4. The molecule has 0 radical (unpaired) electrons. The molecule has 7 aromatic rings. The second-order valence-corrected chi connectivity index (χ2v) is 19.9. The zero-order valence-corrected chi connectivity index (χ0v) is 38.2. The van der Waals surface area contributed by atoms with E-state index in [2.05, 4.69) is 176 Å². The van der Waals surface area contributed by atoms with Gasteiger partial charge in [-0.2, -0.15) is 0 Å². The molecular formula is C60H58N2O4. The molecule has 2 fully saturated rings. The number of hydrogen-bond acceptors (Lipinski definition) is 6. The molecule has 6 heteroatoms. The molecule has 332 valence electrons. The molecule has 4 unspecified atom stereocenters. The van der Waals surface area contributed by atoms with Crippen molar-refractivity contribution in [3.63, 3.8) is 0 Å². The van der Waals surface area contributed by atoms with Crippen LogP contribution in [0.1, 0.15) is 110 Å². The van der Waals surface area contributed by atoms with E-state index in [0.717, 1.165) is 86.9 Å². The van der Waals surface area contributed by atoms with Crippen molar-refractivity contribution in [3.8, 4) is 45.6 Å². The summed E-state index contributed by atoms with van der Waals surface area (Å²) in [5.74, 6) is 6.33. The third-order valence-electron chi connectivity index (χ3n) is 15.6. The van der Waals surface area contributed by atoms with Crippen LogP contribution < -0.4 is 29.6 Å². The van der Waals surface area contributed by atoms with Gasteiger partial charge < -0.3 is 29.6 Å². The molecular weight excluding hydrogens is 813 g/mol. The van der Waals surface area contributed by atoms with Crippen LogP contribution in [-0.2, 0) is 11.0 Å². The van der Waals surface area contributed by atoms with Gasteiger partial charge in [-0.05, 0) is 175 Å². The van der Waals surface area contributed by atoms with Gasteiger partial charge in [-0.1, -0.05) is 99.1 Å². The first-order chi connectivity index (χ1) is 32.3. The maximum absolute atomic E-state index is 7.67. The van der Waals surface area contributed by atoms with Crippen molar-refractivity contribution in [2.75, 3.05) is 20.2 Å². The van der Waals surface area contributed by atoms with Gasteiger partial charge in [-0.15, -0.1) is 0 Å². The first-order valence-corrected chi connectivity index (χ1v) is 24.2. The lowest BCUT2D eigenvalue weighted by Crippen LogP contribution is -2.35. The number of methoxy groups -OCH3 is 1. The van der Waals surface area contributed by atoms with Crippen LogP contribution in [0.3, 0.4) is 0 Å². The monoisotopic (exact) mass is 870 g/mol. The van der Waals surface area contributed by atoms with Gasteiger partial charge in [0.2, 0.25) is 0 Å². The molecule has 13 heterocycles. The highest BCUT2D eigenvalue weighted by atomic mass is 16.5. The Morgan fingerprint density at radius 2 is 1.12 bits per heavy atom. The number of ether oxygens (including phenoxy) is 4. The van der Waals surface area contributed by atoms with Crippen molar-refractivity contribution in [1.29, 1.82) is 0 Å². The summed E-state index contributed by atoms with van der Waals surface area (Å²) < 4.78 is 26.6. The molecule has 13 aliphatic heterocycles. The average molecular weight is 871 g/mol. The number of benzene rings is 7. The maximum atomic E-state index is 7.67. The molecule has 6 nitrogen and oxygen atoms in total. The highest BCUT2D eigenvalue weighted by Gasteiger charge is 2.44. The fourth-order valence-corrected chi connectivity index (χ4v) is 12.0. The Labute approximate surface area is 389 Å². The Morgan fingerprint density at radius 3 is 1.65 bits per heavy atom. The molecule has 66 heavy (non-hydrogen) atoms. The fourth-order valence-electron chi connectivity index (χ4n) is 12.0. The van der Waals surface area contributed by atoms with Gasteiger partial charge in [-0.25, -0.2) is 0 Å². The average Bonchev–Trinajstić information content (AvgIpc) is 3.61. The molecule has 12 bridgehead atoms. The number of nitrogens with one attached hydrogen (secondary N) is 2. The smallest absolute Gasteiger partial charge is 0.178 e. The minimum Gasteiger partial charge on any atom is -0.497 e. The van der Waals surface area contributed by atoms with Crippen LogP contribution in [0.25, 0.3) is 28.0 Å². The second-order valence-electron chi connectivity index (χ2n) is 19.9. The number of hydrogen-bond donors (Lipinski definition) is 2. The standard InChI is InChI=1S/C60H58N2O4/c1-59(2)53-10-5-4-9-50(53)56-49-30-29-48(63-3)35-52(49)58-51(57(56)59)33-34-60(66-58)42-17-25-46(26-18-42)64-44-21-13-40(14-22-44)54-31-11-38(36-61-54)7-6-8-39-12-32-55(62-37-39)41-15-23-45(24-16-41)65-47-27-19-43(60)20-28-47/h4-5,9-10,13-30,33-35,38-39,54-55,61-62H,6-8,11-12,31-32,36-37H2,1-3H3. The molecule has 0 amide bonds. The van der Waals surface area contributed by atoms with Crippen molar-refractivity contribution < 1.29 is 18.9 Å². The molecule has 1 aliphatic carbocycles. The lowest BCUT2D eigenvalue weighted by atomic mass is 9.77. The van der Waals surface area contributed by atoms with Crippen LogP contribution >= 0.6 is 0 Å². The zero-order valence-electron chi connectivity index (χ0n) is 38.2. The molecule has 2 N–H and O–H groups in total. The second kappa shape index (κ2) is 16.5. The van der Waals surface area contributed by atoms with Crippen molar-refractivity contribution in [3.05, 3.63) is 185 Å². The molecule has 2 saturated heterocycles. The first-order valence-electron chi connectivity index (χ1n) is 24.2.